The molecule has 0 aliphatic carbocycles. The van der Waals surface area contributed by atoms with E-state index in [1.807, 2.05) is 32.0 Å². The topological polar surface area (TPSA) is 58.6 Å². The molecule has 0 spiro atoms. The normalized spacial score (nSPS) is 15.2. The van der Waals surface area contributed by atoms with Crippen molar-refractivity contribution in [3.05, 3.63) is 70.0 Å². The molecular weight excluding hydrogens is 487 g/mol. The molecule has 0 saturated carbocycles. The molecule has 5 nitrogen and oxygen atoms in total. The lowest BCUT2D eigenvalue weighted by atomic mass is 9.89. The Labute approximate surface area is 203 Å². The maximum Gasteiger partial charge on any atom is 0.244 e. The lowest BCUT2D eigenvalue weighted by Crippen LogP contribution is -2.40. The molecule has 2 aromatic carbocycles. The zero-order valence-electron chi connectivity index (χ0n) is 19.0. The van der Waals surface area contributed by atoms with Crippen LogP contribution >= 0.6 is 15.9 Å². The molecule has 0 aromatic heterocycles. The minimum atomic E-state index is -0.334. The van der Waals surface area contributed by atoms with Crippen molar-refractivity contribution in [2.45, 2.75) is 32.8 Å². The Balaban J connectivity index is 1.41. The number of nitrogens with one attached hydrogen (secondary N) is 1. The van der Waals surface area contributed by atoms with E-state index in [0.29, 0.717) is 12.1 Å². The van der Waals surface area contributed by atoms with Crippen LogP contribution in [0.15, 0.2) is 53.0 Å². The molecule has 0 radical (unpaired) electrons. The Bertz CT molecular complexity index is 984. The first-order valence-corrected chi connectivity index (χ1v) is 12.1. The monoisotopic (exact) mass is 516 g/mol. The molecule has 0 atom stereocenters. The van der Waals surface area contributed by atoms with Crippen molar-refractivity contribution >= 4 is 33.7 Å². The van der Waals surface area contributed by atoms with Crippen molar-refractivity contribution in [3.63, 3.8) is 0 Å². The summed E-state index contributed by atoms with van der Waals surface area (Å²) in [4.78, 5) is 27.1. The van der Waals surface area contributed by atoms with Gasteiger partial charge >= 0.3 is 0 Å². The van der Waals surface area contributed by atoms with Crippen LogP contribution in [0.5, 0.6) is 5.75 Å². The van der Waals surface area contributed by atoms with Gasteiger partial charge in [-0.3, -0.25) is 9.59 Å². The van der Waals surface area contributed by atoms with Crippen LogP contribution in [0.4, 0.5) is 4.39 Å². The lowest BCUT2D eigenvalue weighted by Gasteiger charge is -2.31. The van der Waals surface area contributed by atoms with Gasteiger partial charge in [-0.25, -0.2) is 4.39 Å². The fourth-order valence-electron chi connectivity index (χ4n) is 3.84. The number of carbonyl (C=O) groups excluding carboxylic acids is 2. The Hall–Kier alpha value is -2.51. The largest absolute Gasteiger partial charge is 0.490 e. The summed E-state index contributed by atoms with van der Waals surface area (Å²) in [6.45, 7) is 6.80. The molecule has 1 saturated heterocycles. The third-order valence-corrected chi connectivity index (χ3v) is 6.06. The molecule has 1 N–H and O–H groups in total. The summed E-state index contributed by atoms with van der Waals surface area (Å²) < 4.78 is 19.8. The maximum absolute atomic E-state index is 13.1. The summed E-state index contributed by atoms with van der Waals surface area (Å²) in [5, 5.41) is 2.92. The maximum atomic E-state index is 13.1. The zero-order valence-corrected chi connectivity index (χ0v) is 20.6. The average molecular weight is 517 g/mol. The highest BCUT2D eigenvalue weighted by Crippen LogP contribution is 2.25. The molecule has 176 valence electrons. The quantitative estimate of drug-likeness (QED) is 0.372. The number of ketones is 1. The van der Waals surface area contributed by atoms with E-state index >= 15 is 0 Å². The predicted molar refractivity (Wildman–Crippen MR) is 132 cm³/mol. The summed E-state index contributed by atoms with van der Waals surface area (Å²) in [6, 6.07) is 11.5. The highest BCUT2D eigenvalue weighted by molar-refractivity contribution is 9.10. The van der Waals surface area contributed by atoms with Gasteiger partial charge in [0.2, 0.25) is 5.91 Å². The van der Waals surface area contributed by atoms with E-state index in [1.54, 1.807) is 18.2 Å². The Kier molecular flexibility index (Phi) is 9.21. The third-order valence-electron chi connectivity index (χ3n) is 5.56. The van der Waals surface area contributed by atoms with Gasteiger partial charge in [-0.1, -0.05) is 15.9 Å². The SMILES string of the molecule is CC(C)Oc1ccc(Br)cc1/C=C/C(=O)NCCN1CCC(C(=O)c2ccc(F)cc2)CC1. The highest BCUT2D eigenvalue weighted by atomic mass is 79.9. The van der Waals surface area contributed by atoms with Gasteiger partial charge < -0.3 is 15.0 Å². The van der Waals surface area contributed by atoms with Crippen molar-refractivity contribution < 1.29 is 18.7 Å². The van der Waals surface area contributed by atoms with Crippen LogP contribution < -0.4 is 10.1 Å². The summed E-state index contributed by atoms with van der Waals surface area (Å²) in [7, 11) is 0. The lowest BCUT2D eigenvalue weighted by molar-refractivity contribution is -0.116. The fourth-order valence-corrected chi connectivity index (χ4v) is 4.22. The third kappa shape index (κ3) is 7.79. The molecule has 3 rings (SSSR count). The number of halogens is 2. The molecule has 0 unspecified atom stereocenters. The van der Waals surface area contributed by atoms with Gasteiger partial charge in [0.05, 0.1) is 6.10 Å². The summed E-state index contributed by atoms with van der Waals surface area (Å²) >= 11 is 3.45. The zero-order chi connectivity index (χ0) is 23.8. The number of nitrogens with zero attached hydrogens (tertiary/aromatic N) is 1. The van der Waals surface area contributed by atoms with E-state index in [2.05, 4.69) is 26.1 Å². The molecule has 0 bridgehead atoms. The molecule has 1 fully saturated rings. The van der Waals surface area contributed by atoms with Crippen molar-refractivity contribution in [2.24, 2.45) is 5.92 Å². The Morgan fingerprint density at radius 3 is 2.55 bits per heavy atom. The van der Waals surface area contributed by atoms with Crippen molar-refractivity contribution in [1.82, 2.24) is 10.2 Å². The van der Waals surface area contributed by atoms with Gasteiger partial charge in [0.15, 0.2) is 5.78 Å². The highest BCUT2D eigenvalue weighted by Gasteiger charge is 2.25. The molecule has 1 aliphatic heterocycles. The molecule has 7 heteroatoms. The van der Waals surface area contributed by atoms with E-state index in [-0.39, 0.29) is 29.5 Å². The number of Topliss-reactive ketones (excluding diaryl/α,β-unsaturated/α-hetero) is 1. The van der Waals surface area contributed by atoms with Crippen LogP contribution in [0, 0.1) is 11.7 Å². The summed E-state index contributed by atoms with van der Waals surface area (Å²) in [5.41, 5.74) is 1.41. The molecular formula is C26H30BrFN2O3. The first-order valence-electron chi connectivity index (χ1n) is 11.3. The smallest absolute Gasteiger partial charge is 0.244 e. The van der Waals surface area contributed by atoms with Crippen LogP contribution in [-0.2, 0) is 4.79 Å². The van der Waals surface area contributed by atoms with Gasteiger partial charge in [-0.05, 0) is 88.3 Å². The van der Waals surface area contributed by atoms with Crippen LogP contribution in [0.2, 0.25) is 0 Å². The van der Waals surface area contributed by atoms with Crippen LogP contribution in [0.3, 0.4) is 0 Å². The molecule has 1 aliphatic rings. The van der Waals surface area contributed by atoms with Gasteiger partial charge in [-0.15, -0.1) is 0 Å². The van der Waals surface area contributed by atoms with E-state index in [4.69, 9.17) is 4.74 Å². The van der Waals surface area contributed by atoms with Gasteiger partial charge in [-0.2, -0.15) is 0 Å². The number of carbonyl (C=O) groups is 2. The first kappa shape index (κ1) is 25.1. The molecule has 2 aromatic rings. The molecule has 1 amide bonds. The van der Waals surface area contributed by atoms with E-state index in [0.717, 1.165) is 48.3 Å². The van der Waals surface area contributed by atoms with Crippen molar-refractivity contribution in [3.8, 4) is 5.75 Å². The minimum absolute atomic E-state index is 0.0308. The summed E-state index contributed by atoms with van der Waals surface area (Å²) in [6.07, 6.45) is 4.85. The van der Waals surface area contributed by atoms with Crippen molar-refractivity contribution in [2.75, 3.05) is 26.2 Å². The van der Waals surface area contributed by atoms with Crippen LogP contribution in [0.25, 0.3) is 6.08 Å². The number of hydrogen-bond acceptors (Lipinski definition) is 4. The van der Waals surface area contributed by atoms with Gasteiger partial charge in [0.25, 0.3) is 0 Å². The number of rotatable bonds is 9. The predicted octanol–water partition coefficient (Wildman–Crippen LogP) is 5.10. The van der Waals surface area contributed by atoms with Gasteiger partial charge in [0, 0.05) is 40.7 Å². The first-order chi connectivity index (χ1) is 15.8. The summed E-state index contributed by atoms with van der Waals surface area (Å²) in [5.74, 6) is 0.291. The number of ether oxygens (including phenoxy) is 1. The Morgan fingerprint density at radius 2 is 1.88 bits per heavy atom. The number of likely N-dealkylation sites (tertiary alicyclic amines) is 1. The second-order valence-corrected chi connectivity index (χ2v) is 9.38. The Morgan fingerprint density at radius 1 is 1.18 bits per heavy atom. The standard InChI is InChI=1S/C26H30BrFN2O3/c1-18(2)33-24-9-6-22(27)17-21(24)5-10-25(31)29-13-16-30-14-11-20(12-15-30)26(32)19-3-7-23(28)8-4-19/h3-10,17-18,20H,11-16H2,1-2H3,(H,29,31)/b10-5+. The van der Waals surface area contributed by atoms with E-state index in [1.165, 1.54) is 18.2 Å². The number of hydrogen-bond donors (Lipinski definition) is 1. The number of piperidine rings is 1. The second-order valence-electron chi connectivity index (χ2n) is 8.46. The van der Waals surface area contributed by atoms with E-state index in [9.17, 15) is 14.0 Å². The second kappa shape index (κ2) is 12.1. The van der Waals surface area contributed by atoms with Gasteiger partial charge in [0.1, 0.15) is 11.6 Å². The molecule has 33 heavy (non-hydrogen) atoms. The number of amides is 1. The number of benzene rings is 2. The van der Waals surface area contributed by atoms with Crippen LogP contribution in [0.1, 0.15) is 42.6 Å². The van der Waals surface area contributed by atoms with E-state index < -0.39 is 0 Å². The minimum Gasteiger partial charge on any atom is -0.490 e. The fraction of sp³-hybridized carbons (Fsp3) is 0.385. The average Bonchev–Trinajstić information content (AvgIpc) is 2.79. The van der Waals surface area contributed by atoms with Crippen LogP contribution in [-0.4, -0.2) is 48.9 Å². The van der Waals surface area contributed by atoms with Crippen molar-refractivity contribution in [1.29, 1.82) is 0 Å². The molecule has 1 heterocycles.